The quantitative estimate of drug-likeness (QED) is 0.394. The molecule has 36 heavy (non-hydrogen) atoms. The molecule has 0 spiro atoms. The Labute approximate surface area is 219 Å². The molecule has 0 unspecified atom stereocenters. The van der Waals surface area contributed by atoms with Gasteiger partial charge in [-0.2, -0.15) is 4.37 Å². The molecule has 190 valence electrons. The summed E-state index contributed by atoms with van der Waals surface area (Å²) in [5.41, 5.74) is 3.69. The molecule has 3 aromatic rings. The summed E-state index contributed by atoms with van der Waals surface area (Å²) < 4.78 is 4.59. The monoisotopic (exact) mass is 503 g/mol. The van der Waals surface area contributed by atoms with Crippen molar-refractivity contribution in [2.45, 2.75) is 39.7 Å². The fourth-order valence-corrected chi connectivity index (χ4v) is 5.20. The third-order valence-electron chi connectivity index (χ3n) is 6.57. The van der Waals surface area contributed by atoms with Crippen LogP contribution in [0.2, 0.25) is 0 Å². The van der Waals surface area contributed by atoms with Gasteiger partial charge in [0.15, 0.2) is 0 Å². The number of rotatable bonds is 10. The standard InChI is InChI=1S/C29H37N5OS/c1-23(2)34(29-30-27(31-36-29)22-26-13-11-24(3)12-14-26)17-15-28(35)33-20-18-32(19-21-33)16-7-10-25-8-5-4-6-9-25/h4-14,23H,15-22H2,1-3H3. The lowest BCUT2D eigenvalue weighted by atomic mass is 10.1. The Kier molecular flexibility index (Phi) is 9.25. The zero-order chi connectivity index (χ0) is 25.3. The van der Waals surface area contributed by atoms with E-state index in [4.69, 9.17) is 4.98 Å². The zero-order valence-electron chi connectivity index (χ0n) is 21.6. The van der Waals surface area contributed by atoms with E-state index in [2.05, 4.69) is 95.6 Å². The number of hydrogen-bond donors (Lipinski definition) is 0. The first kappa shape index (κ1) is 26.0. The zero-order valence-corrected chi connectivity index (χ0v) is 22.5. The molecular formula is C29H37N5OS. The highest BCUT2D eigenvalue weighted by atomic mass is 32.1. The van der Waals surface area contributed by atoms with Gasteiger partial charge in [-0.3, -0.25) is 9.69 Å². The third-order valence-corrected chi connectivity index (χ3v) is 7.37. The molecule has 7 heteroatoms. The Bertz CT molecular complexity index is 1120. The van der Waals surface area contributed by atoms with Gasteiger partial charge < -0.3 is 9.80 Å². The van der Waals surface area contributed by atoms with Crippen molar-refractivity contribution in [2.75, 3.05) is 44.2 Å². The molecule has 1 fully saturated rings. The molecular weight excluding hydrogens is 466 g/mol. The molecule has 1 aliphatic rings. The van der Waals surface area contributed by atoms with Gasteiger partial charge in [-0.15, -0.1) is 0 Å². The van der Waals surface area contributed by atoms with Crippen LogP contribution in [0.25, 0.3) is 6.08 Å². The molecule has 0 N–H and O–H groups in total. The highest BCUT2D eigenvalue weighted by molar-refractivity contribution is 7.09. The second kappa shape index (κ2) is 12.8. The number of nitrogens with zero attached hydrogens (tertiary/aromatic N) is 5. The molecule has 2 aromatic carbocycles. The number of carbonyl (C=O) groups excluding carboxylic acids is 1. The van der Waals surface area contributed by atoms with Gasteiger partial charge in [-0.25, -0.2) is 4.98 Å². The first-order valence-corrected chi connectivity index (χ1v) is 13.6. The van der Waals surface area contributed by atoms with Crippen molar-refractivity contribution in [3.8, 4) is 0 Å². The summed E-state index contributed by atoms with van der Waals surface area (Å²) in [6.07, 6.45) is 5.60. The van der Waals surface area contributed by atoms with E-state index in [1.165, 1.54) is 28.2 Å². The fraction of sp³-hybridized carbons (Fsp3) is 0.414. The molecule has 0 aliphatic carbocycles. The summed E-state index contributed by atoms with van der Waals surface area (Å²) in [7, 11) is 0. The number of aryl methyl sites for hydroxylation is 1. The van der Waals surface area contributed by atoms with Crippen LogP contribution in [0.15, 0.2) is 60.7 Å². The molecule has 1 aliphatic heterocycles. The van der Waals surface area contributed by atoms with Crippen molar-refractivity contribution in [3.05, 3.63) is 83.2 Å². The first-order valence-electron chi connectivity index (χ1n) is 12.8. The lowest BCUT2D eigenvalue weighted by molar-refractivity contribution is -0.132. The van der Waals surface area contributed by atoms with Crippen LogP contribution in [-0.4, -0.2) is 70.4 Å². The minimum absolute atomic E-state index is 0.226. The maximum atomic E-state index is 13.0. The number of carbonyl (C=O) groups is 1. The van der Waals surface area contributed by atoms with E-state index >= 15 is 0 Å². The molecule has 2 heterocycles. The molecule has 6 nitrogen and oxygen atoms in total. The molecule has 4 rings (SSSR count). The van der Waals surface area contributed by atoms with Gasteiger partial charge >= 0.3 is 0 Å². The van der Waals surface area contributed by atoms with Crippen LogP contribution >= 0.6 is 11.5 Å². The van der Waals surface area contributed by atoms with Crippen LogP contribution in [-0.2, 0) is 11.2 Å². The number of amides is 1. The molecule has 1 aromatic heterocycles. The van der Waals surface area contributed by atoms with Crippen LogP contribution in [0, 0.1) is 6.92 Å². The molecule has 0 saturated carbocycles. The average molecular weight is 504 g/mol. The van der Waals surface area contributed by atoms with Crippen molar-refractivity contribution in [1.82, 2.24) is 19.2 Å². The van der Waals surface area contributed by atoms with Gasteiger partial charge in [-0.05, 0) is 31.9 Å². The van der Waals surface area contributed by atoms with Crippen molar-refractivity contribution in [1.29, 1.82) is 0 Å². The van der Waals surface area contributed by atoms with Gasteiger partial charge in [0.05, 0.1) is 0 Å². The molecule has 1 amide bonds. The predicted molar refractivity (Wildman–Crippen MR) is 149 cm³/mol. The van der Waals surface area contributed by atoms with E-state index < -0.39 is 0 Å². The Morgan fingerprint density at radius 2 is 1.78 bits per heavy atom. The van der Waals surface area contributed by atoms with E-state index in [9.17, 15) is 4.79 Å². The summed E-state index contributed by atoms with van der Waals surface area (Å²) >= 11 is 1.43. The maximum Gasteiger partial charge on any atom is 0.224 e. The predicted octanol–water partition coefficient (Wildman–Crippen LogP) is 4.90. The van der Waals surface area contributed by atoms with Gasteiger partial charge in [0, 0.05) is 69.7 Å². The lowest BCUT2D eigenvalue weighted by Gasteiger charge is -2.35. The Hall–Kier alpha value is -3.03. The third kappa shape index (κ3) is 7.48. The number of piperazine rings is 1. The van der Waals surface area contributed by atoms with Gasteiger partial charge in [-0.1, -0.05) is 72.3 Å². The highest BCUT2D eigenvalue weighted by Crippen LogP contribution is 2.22. The van der Waals surface area contributed by atoms with Crippen molar-refractivity contribution in [3.63, 3.8) is 0 Å². The summed E-state index contributed by atoms with van der Waals surface area (Å²) in [6.45, 7) is 11.4. The Morgan fingerprint density at radius 3 is 2.47 bits per heavy atom. The Balaban J connectivity index is 1.23. The first-order chi connectivity index (χ1) is 17.5. The van der Waals surface area contributed by atoms with Crippen molar-refractivity contribution < 1.29 is 4.79 Å². The minimum atomic E-state index is 0.226. The Morgan fingerprint density at radius 1 is 1.06 bits per heavy atom. The van der Waals surface area contributed by atoms with Crippen LogP contribution < -0.4 is 4.90 Å². The SMILES string of the molecule is Cc1ccc(Cc2nsc(N(CCC(=O)N3CCN(CC=Cc4ccccc4)CC3)C(C)C)n2)cc1. The normalized spacial score (nSPS) is 14.6. The van der Waals surface area contributed by atoms with Crippen LogP contribution in [0.5, 0.6) is 0 Å². The molecule has 0 atom stereocenters. The van der Waals surface area contributed by atoms with E-state index in [1.807, 2.05) is 11.0 Å². The van der Waals surface area contributed by atoms with Crippen LogP contribution in [0.1, 0.15) is 42.8 Å². The van der Waals surface area contributed by atoms with Gasteiger partial charge in [0.25, 0.3) is 0 Å². The van der Waals surface area contributed by atoms with E-state index in [0.29, 0.717) is 13.0 Å². The van der Waals surface area contributed by atoms with Crippen LogP contribution in [0.4, 0.5) is 5.13 Å². The maximum absolute atomic E-state index is 13.0. The van der Waals surface area contributed by atoms with Gasteiger partial charge in [0.1, 0.15) is 5.82 Å². The topological polar surface area (TPSA) is 52.6 Å². The second-order valence-electron chi connectivity index (χ2n) is 9.69. The van der Waals surface area contributed by atoms with E-state index in [1.54, 1.807) is 0 Å². The fourth-order valence-electron chi connectivity index (χ4n) is 4.35. The summed E-state index contributed by atoms with van der Waals surface area (Å²) in [5, 5.41) is 0.898. The van der Waals surface area contributed by atoms with Gasteiger partial charge in [0.2, 0.25) is 11.0 Å². The average Bonchev–Trinajstić information content (AvgIpc) is 3.34. The summed E-state index contributed by atoms with van der Waals surface area (Å²) in [4.78, 5) is 24.4. The number of benzene rings is 2. The number of hydrogen-bond acceptors (Lipinski definition) is 6. The molecule has 0 radical (unpaired) electrons. The molecule has 1 saturated heterocycles. The second-order valence-corrected chi connectivity index (χ2v) is 10.4. The lowest BCUT2D eigenvalue weighted by Crippen LogP contribution is -2.49. The largest absolute Gasteiger partial charge is 0.344 e. The van der Waals surface area contributed by atoms with E-state index in [-0.39, 0.29) is 11.9 Å². The smallest absolute Gasteiger partial charge is 0.224 e. The number of anilines is 1. The van der Waals surface area contributed by atoms with Crippen molar-refractivity contribution in [2.24, 2.45) is 0 Å². The summed E-state index contributed by atoms with van der Waals surface area (Å²) in [5.74, 6) is 1.07. The summed E-state index contributed by atoms with van der Waals surface area (Å²) in [6, 6.07) is 19.1. The highest BCUT2D eigenvalue weighted by Gasteiger charge is 2.23. The molecule has 0 bridgehead atoms. The minimum Gasteiger partial charge on any atom is -0.344 e. The van der Waals surface area contributed by atoms with E-state index in [0.717, 1.165) is 50.1 Å². The van der Waals surface area contributed by atoms with Crippen LogP contribution in [0.3, 0.4) is 0 Å². The van der Waals surface area contributed by atoms with Crippen molar-refractivity contribution >= 4 is 28.6 Å². The number of aromatic nitrogens is 2.